The molecule has 0 aliphatic carbocycles. The summed E-state index contributed by atoms with van der Waals surface area (Å²) in [5, 5.41) is 0. The second-order valence-electron chi connectivity index (χ2n) is 6.13. The number of rotatable bonds is 4. The highest BCUT2D eigenvalue weighted by atomic mass is 16.5. The third-order valence-corrected chi connectivity index (χ3v) is 4.51. The van der Waals surface area contributed by atoms with Gasteiger partial charge in [-0.2, -0.15) is 0 Å². The average Bonchev–Trinajstić information content (AvgIpc) is 2.60. The van der Waals surface area contributed by atoms with Crippen LogP contribution in [0.25, 0.3) is 11.5 Å². The highest BCUT2D eigenvalue weighted by Crippen LogP contribution is 2.19. The first-order valence-corrected chi connectivity index (χ1v) is 8.15. The first-order valence-electron chi connectivity index (χ1n) is 8.15. The van der Waals surface area contributed by atoms with Crippen molar-refractivity contribution in [3.63, 3.8) is 0 Å². The molecule has 2 aliphatic heterocycles. The Bertz CT molecular complexity index is 621. The minimum absolute atomic E-state index is 0.684. The lowest BCUT2D eigenvalue weighted by atomic mass is 10.1. The Morgan fingerprint density at radius 2 is 1.83 bits per heavy atom. The summed E-state index contributed by atoms with van der Waals surface area (Å²) in [5.74, 6) is 0.684. The van der Waals surface area contributed by atoms with E-state index in [-0.39, 0.29) is 0 Å². The molecule has 0 radical (unpaired) electrons. The van der Waals surface area contributed by atoms with Crippen LogP contribution in [0.5, 0.6) is 0 Å². The predicted octanol–water partition coefficient (Wildman–Crippen LogP) is 1.05. The van der Waals surface area contributed by atoms with Crippen molar-refractivity contribution in [1.29, 1.82) is 0 Å². The zero-order valence-corrected chi connectivity index (χ0v) is 13.1. The third kappa shape index (κ3) is 3.39. The van der Waals surface area contributed by atoms with Crippen molar-refractivity contribution in [2.75, 3.05) is 39.4 Å². The highest BCUT2D eigenvalue weighted by Gasteiger charge is 2.32. The van der Waals surface area contributed by atoms with Crippen LogP contribution < -0.4 is 0 Å². The fourth-order valence-corrected chi connectivity index (χ4v) is 3.17. The molecular weight excluding hydrogens is 290 g/mol. The van der Waals surface area contributed by atoms with Crippen LogP contribution >= 0.6 is 0 Å². The molecule has 6 heteroatoms. The van der Waals surface area contributed by atoms with Crippen LogP contribution in [0.1, 0.15) is 5.56 Å². The quantitative estimate of drug-likeness (QED) is 0.841. The lowest BCUT2D eigenvalue weighted by Gasteiger charge is -2.46. The fourth-order valence-electron chi connectivity index (χ4n) is 3.17. The van der Waals surface area contributed by atoms with Gasteiger partial charge in [0.1, 0.15) is 5.69 Å². The number of hydrogen-bond donors (Lipinski definition) is 0. The van der Waals surface area contributed by atoms with E-state index in [4.69, 9.17) is 4.74 Å². The normalized spacial score (nSPS) is 20.3. The average molecular weight is 311 g/mol. The van der Waals surface area contributed by atoms with Crippen molar-refractivity contribution in [2.24, 2.45) is 0 Å². The number of likely N-dealkylation sites (tertiary alicyclic amines) is 1. The predicted molar refractivity (Wildman–Crippen MR) is 86.7 cm³/mol. The van der Waals surface area contributed by atoms with Gasteiger partial charge >= 0.3 is 0 Å². The number of pyridine rings is 1. The summed E-state index contributed by atoms with van der Waals surface area (Å²) >= 11 is 0. The van der Waals surface area contributed by atoms with Crippen molar-refractivity contribution >= 4 is 0 Å². The lowest BCUT2D eigenvalue weighted by molar-refractivity contribution is -0.0344. The zero-order chi connectivity index (χ0) is 15.5. The summed E-state index contributed by atoms with van der Waals surface area (Å²) in [6.45, 7) is 7.06. The highest BCUT2D eigenvalue weighted by molar-refractivity contribution is 5.47. The molecule has 0 N–H and O–H groups in total. The van der Waals surface area contributed by atoms with Crippen LogP contribution in [0.2, 0.25) is 0 Å². The molecule has 0 amide bonds. The largest absolute Gasteiger partial charge is 0.379 e. The molecule has 4 heterocycles. The molecule has 2 saturated heterocycles. The van der Waals surface area contributed by atoms with E-state index < -0.39 is 0 Å². The monoisotopic (exact) mass is 311 g/mol. The molecule has 2 aromatic rings. The molecule has 0 unspecified atom stereocenters. The standard InChI is InChI=1S/C17H21N5O/c1-2-4-18-16(3-1)17-19-9-14(10-20-17)11-21-12-15(13-21)22-5-7-23-8-6-22/h1-4,9-10,15H,5-8,11-13H2. The van der Waals surface area contributed by atoms with Crippen molar-refractivity contribution in [1.82, 2.24) is 24.8 Å². The number of nitrogens with zero attached hydrogens (tertiary/aromatic N) is 5. The molecular formula is C17H21N5O. The van der Waals surface area contributed by atoms with E-state index >= 15 is 0 Å². The maximum Gasteiger partial charge on any atom is 0.178 e. The minimum Gasteiger partial charge on any atom is -0.379 e. The molecule has 0 saturated carbocycles. The molecule has 2 fully saturated rings. The maximum atomic E-state index is 5.41. The molecule has 4 rings (SSSR count). The molecule has 6 nitrogen and oxygen atoms in total. The fraction of sp³-hybridized carbons (Fsp3) is 0.471. The summed E-state index contributed by atoms with van der Waals surface area (Å²) in [5.41, 5.74) is 1.97. The van der Waals surface area contributed by atoms with E-state index in [0.29, 0.717) is 11.9 Å². The summed E-state index contributed by atoms with van der Waals surface area (Å²) in [4.78, 5) is 18.1. The lowest BCUT2D eigenvalue weighted by Crippen LogP contribution is -2.60. The number of hydrogen-bond acceptors (Lipinski definition) is 6. The van der Waals surface area contributed by atoms with E-state index in [1.807, 2.05) is 30.6 Å². The molecule has 0 spiro atoms. The van der Waals surface area contributed by atoms with Crippen LogP contribution in [0.15, 0.2) is 36.8 Å². The second-order valence-corrected chi connectivity index (χ2v) is 6.13. The van der Waals surface area contributed by atoms with Crippen LogP contribution in [0, 0.1) is 0 Å². The summed E-state index contributed by atoms with van der Waals surface area (Å²) in [6.07, 6.45) is 5.59. The van der Waals surface area contributed by atoms with Gasteiger partial charge in [0.05, 0.1) is 13.2 Å². The van der Waals surface area contributed by atoms with Gasteiger partial charge in [-0.3, -0.25) is 14.8 Å². The van der Waals surface area contributed by atoms with Gasteiger partial charge in [-0.05, 0) is 12.1 Å². The minimum atomic E-state index is 0.684. The van der Waals surface area contributed by atoms with Crippen molar-refractivity contribution < 1.29 is 4.74 Å². The molecule has 2 aliphatic rings. The van der Waals surface area contributed by atoms with Gasteiger partial charge in [0.25, 0.3) is 0 Å². The number of aromatic nitrogens is 3. The molecule has 2 aromatic heterocycles. The van der Waals surface area contributed by atoms with E-state index in [0.717, 1.165) is 57.2 Å². The first kappa shape index (κ1) is 14.7. The van der Waals surface area contributed by atoms with Crippen LogP contribution in [-0.2, 0) is 11.3 Å². The van der Waals surface area contributed by atoms with Crippen molar-refractivity contribution in [2.45, 2.75) is 12.6 Å². The molecule has 120 valence electrons. The summed E-state index contributed by atoms with van der Waals surface area (Å²) in [7, 11) is 0. The molecule has 23 heavy (non-hydrogen) atoms. The molecule has 0 atom stereocenters. The van der Waals surface area contributed by atoms with Crippen LogP contribution in [-0.4, -0.2) is 70.2 Å². The Hall–Kier alpha value is -1.89. The van der Waals surface area contributed by atoms with Gasteiger partial charge in [0, 0.05) is 62.9 Å². The van der Waals surface area contributed by atoms with Gasteiger partial charge in [-0.15, -0.1) is 0 Å². The zero-order valence-electron chi connectivity index (χ0n) is 13.1. The van der Waals surface area contributed by atoms with Crippen molar-refractivity contribution in [3.8, 4) is 11.5 Å². The Morgan fingerprint density at radius 3 is 2.52 bits per heavy atom. The van der Waals surface area contributed by atoms with Crippen molar-refractivity contribution in [3.05, 3.63) is 42.4 Å². The molecule has 0 bridgehead atoms. The number of morpholine rings is 1. The SMILES string of the molecule is c1ccc(-c2ncc(CN3CC(N4CCOCC4)C3)cn2)nc1. The Labute approximate surface area is 136 Å². The van der Waals surface area contributed by atoms with Crippen LogP contribution in [0.3, 0.4) is 0 Å². The van der Waals surface area contributed by atoms with Gasteiger partial charge in [0.15, 0.2) is 5.82 Å². The Morgan fingerprint density at radius 1 is 1.04 bits per heavy atom. The van der Waals surface area contributed by atoms with E-state index in [1.54, 1.807) is 6.20 Å². The topological polar surface area (TPSA) is 54.4 Å². The van der Waals surface area contributed by atoms with Gasteiger partial charge in [-0.25, -0.2) is 9.97 Å². The summed E-state index contributed by atoms with van der Waals surface area (Å²) < 4.78 is 5.41. The second kappa shape index (κ2) is 6.70. The first-order chi connectivity index (χ1) is 11.4. The maximum absolute atomic E-state index is 5.41. The Kier molecular flexibility index (Phi) is 4.28. The smallest absolute Gasteiger partial charge is 0.178 e. The third-order valence-electron chi connectivity index (χ3n) is 4.51. The summed E-state index contributed by atoms with van der Waals surface area (Å²) in [6, 6.07) is 6.46. The molecule has 0 aromatic carbocycles. The van der Waals surface area contributed by atoms with Gasteiger partial charge < -0.3 is 4.74 Å². The Balaban J connectivity index is 1.30. The number of ether oxygens (including phenoxy) is 1. The van der Waals surface area contributed by atoms with E-state index in [1.165, 1.54) is 0 Å². The van der Waals surface area contributed by atoms with Gasteiger partial charge in [0.2, 0.25) is 0 Å². The van der Waals surface area contributed by atoms with Gasteiger partial charge in [-0.1, -0.05) is 6.07 Å². The van der Waals surface area contributed by atoms with E-state index in [9.17, 15) is 0 Å². The van der Waals surface area contributed by atoms with E-state index in [2.05, 4.69) is 24.8 Å². The van der Waals surface area contributed by atoms with Crippen LogP contribution in [0.4, 0.5) is 0 Å².